The molecule has 0 amide bonds. The molecule has 3 nitrogen and oxygen atoms in total. The summed E-state index contributed by atoms with van der Waals surface area (Å²) < 4.78 is 11.3. The zero-order chi connectivity index (χ0) is 11.2. The summed E-state index contributed by atoms with van der Waals surface area (Å²) in [6, 6.07) is 0. The molecule has 94 valence electrons. The lowest BCUT2D eigenvalue weighted by Gasteiger charge is -2.31. The molecular weight excluding hydrogens is 202 g/mol. The van der Waals surface area contributed by atoms with E-state index in [2.05, 4.69) is 11.8 Å². The van der Waals surface area contributed by atoms with Crippen LogP contribution in [0.1, 0.15) is 32.6 Å². The highest BCUT2D eigenvalue weighted by molar-refractivity contribution is 4.72. The predicted molar refractivity (Wildman–Crippen MR) is 64.6 cm³/mol. The molecule has 0 aromatic heterocycles. The molecule has 2 atom stereocenters. The maximum absolute atomic E-state index is 6.02. The predicted octanol–water partition coefficient (Wildman–Crippen LogP) is 1.91. The molecule has 0 bridgehead atoms. The second-order valence-electron chi connectivity index (χ2n) is 5.12. The molecule has 0 N–H and O–H groups in total. The van der Waals surface area contributed by atoms with Crippen molar-refractivity contribution in [3.63, 3.8) is 0 Å². The van der Waals surface area contributed by atoms with Gasteiger partial charge in [-0.15, -0.1) is 0 Å². The van der Waals surface area contributed by atoms with Crippen molar-refractivity contribution in [2.75, 3.05) is 39.5 Å². The summed E-state index contributed by atoms with van der Waals surface area (Å²) >= 11 is 0. The van der Waals surface area contributed by atoms with E-state index in [4.69, 9.17) is 9.47 Å². The summed E-state index contributed by atoms with van der Waals surface area (Å²) in [5, 5.41) is 0. The van der Waals surface area contributed by atoms with Gasteiger partial charge < -0.3 is 9.47 Å². The Bertz CT molecular complexity index is 192. The van der Waals surface area contributed by atoms with Crippen LogP contribution < -0.4 is 0 Å². The quantitative estimate of drug-likeness (QED) is 0.732. The topological polar surface area (TPSA) is 21.7 Å². The van der Waals surface area contributed by atoms with Gasteiger partial charge in [-0.05, 0) is 18.8 Å². The van der Waals surface area contributed by atoms with Crippen molar-refractivity contribution >= 4 is 0 Å². The third kappa shape index (κ3) is 3.72. The Kier molecular flexibility index (Phi) is 5.07. The van der Waals surface area contributed by atoms with E-state index in [1.807, 2.05) is 0 Å². The van der Waals surface area contributed by atoms with Crippen molar-refractivity contribution in [3.05, 3.63) is 0 Å². The van der Waals surface area contributed by atoms with E-state index >= 15 is 0 Å². The van der Waals surface area contributed by atoms with Gasteiger partial charge in [0.1, 0.15) is 0 Å². The second-order valence-corrected chi connectivity index (χ2v) is 5.12. The number of morpholine rings is 1. The van der Waals surface area contributed by atoms with Crippen molar-refractivity contribution in [3.8, 4) is 0 Å². The zero-order valence-electron chi connectivity index (χ0n) is 10.5. The van der Waals surface area contributed by atoms with Gasteiger partial charge in [0.05, 0.1) is 25.9 Å². The molecule has 2 aliphatic rings. The Hall–Kier alpha value is -0.120. The normalized spacial score (nSPS) is 32.8. The summed E-state index contributed by atoms with van der Waals surface area (Å²) in [4.78, 5) is 2.44. The molecule has 0 unspecified atom stereocenters. The lowest BCUT2D eigenvalue weighted by atomic mass is 9.88. The third-order valence-electron chi connectivity index (χ3n) is 3.88. The fraction of sp³-hybridized carbons (Fsp3) is 1.00. The largest absolute Gasteiger partial charge is 0.379 e. The van der Waals surface area contributed by atoms with Gasteiger partial charge in [0.2, 0.25) is 0 Å². The van der Waals surface area contributed by atoms with E-state index in [0.29, 0.717) is 6.10 Å². The molecular formula is C13H25NO2. The van der Waals surface area contributed by atoms with Crippen molar-refractivity contribution in [2.45, 2.75) is 38.7 Å². The Morgan fingerprint density at radius 2 is 1.94 bits per heavy atom. The minimum atomic E-state index is 0.523. The maximum Gasteiger partial charge on any atom is 0.0601 e. The molecule has 0 aromatic carbocycles. The highest BCUT2D eigenvalue weighted by Gasteiger charge is 2.21. The van der Waals surface area contributed by atoms with Crippen LogP contribution in [-0.4, -0.2) is 50.5 Å². The first kappa shape index (κ1) is 12.3. The minimum Gasteiger partial charge on any atom is -0.379 e. The van der Waals surface area contributed by atoms with Crippen LogP contribution in [0.15, 0.2) is 0 Å². The first-order valence-corrected chi connectivity index (χ1v) is 6.78. The summed E-state index contributed by atoms with van der Waals surface area (Å²) in [6.07, 6.45) is 5.89. The fourth-order valence-corrected chi connectivity index (χ4v) is 2.69. The molecule has 2 fully saturated rings. The molecule has 2 rings (SSSR count). The highest BCUT2D eigenvalue weighted by Crippen LogP contribution is 2.26. The van der Waals surface area contributed by atoms with Crippen molar-refractivity contribution in [1.82, 2.24) is 4.90 Å². The molecule has 1 aliphatic heterocycles. The molecule has 1 heterocycles. The molecule has 0 spiro atoms. The number of hydrogen-bond donors (Lipinski definition) is 0. The number of hydrogen-bond acceptors (Lipinski definition) is 3. The maximum atomic E-state index is 6.02. The van der Waals surface area contributed by atoms with Crippen LogP contribution in [0.5, 0.6) is 0 Å². The van der Waals surface area contributed by atoms with E-state index in [1.165, 1.54) is 25.7 Å². The van der Waals surface area contributed by atoms with Crippen LogP contribution in [0.25, 0.3) is 0 Å². The summed E-state index contributed by atoms with van der Waals surface area (Å²) in [5.74, 6) is 0.762. The Morgan fingerprint density at radius 3 is 2.69 bits per heavy atom. The van der Waals surface area contributed by atoms with Crippen LogP contribution in [-0.2, 0) is 9.47 Å². The average molecular weight is 227 g/mol. The SMILES string of the molecule is C[C@@H]1CCCC[C@H]1OCCN1CCOCC1. The molecule has 1 saturated heterocycles. The lowest BCUT2D eigenvalue weighted by Crippen LogP contribution is -2.39. The number of ether oxygens (including phenoxy) is 2. The molecule has 16 heavy (non-hydrogen) atoms. The van der Waals surface area contributed by atoms with Crippen LogP contribution in [0, 0.1) is 5.92 Å². The smallest absolute Gasteiger partial charge is 0.0601 e. The first-order valence-electron chi connectivity index (χ1n) is 6.78. The monoisotopic (exact) mass is 227 g/mol. The molecule has 1 aliphatic carbocycles. The lowest BCUT2D eigenvalue weighted by molar-refractivity contribution is -0.0276. The minimum absolute atomic E-state index is 0.523. The molecule has 3 heteroatoms. The van der Waals surface area contributed by atoms with Crippen LogP contribution in [0.3, 0.4) is 0 Å². The Morgan fingerprint density at radius 1 is 1.19 bits per heavy atom. The van der Waals surface area contributed by atoms with Crippen LogP contribution in [0.4, 0.5) is 0 Å². The Labute approximate surface area is 99.1 Å². The van der Waals surface area contributed by atoms with Crippen LogP contribution in [0.2, 0.25) is 0 Å². The van der Waals surface area contributed by atoms with Crippen molar-refractivity contribution in [2.24, 2.45) is 5.92 Å². The van der Waals surface area contributed by atoms with E-state index < -0.39 is 0 Å². The van der Waals surface area contributed by atoms with Gasteiger partial charge in [0.25, 0.3) is 0 Å². The zero-order valence-corrected chi connectivity index (χ0v) is 10.5. The summed E-state index contributed by atoms with van der Waals surface area (Å²) in [5.41, 5.74) is 0. The van der Waals surface area contributed by atoms with Crippen molar-refractivity contribution < 1.29 is 9.47 Å². The molecule has 0 aromatic rings. The standard InChI is InChI=1S/C13H25NO2/c1-12-4-2-3-5-13(12)16-11-8-14-6-9-15-10-7-14/h12-13H,2-11H2,1H3/t12-,13-/m1/s1. The average Bonchev–Trinajstić information content (AvgIpc) is 2.33. The van der Waals surface area contributed by atoms with Gasteiger partial charge in [-0.3, -0.25) is 4.90 Å². The van der Waals surface area contributed by atoms with Gasteiger partial charge in [-0.1, -0.05) is 19.8 Å². The molecule has 1 saturated carbocycles. The second kappa shape index (κ2) is 6.58. The van der Waals surface area contributed by atoms with Gasteiger partial charge in [0, 0.05) is 19.6 Å². The van der Waals surface area contributed by atoms with Gasteiger partial charge in [-0.2, -0.15) is 0 Å². The van der Waals surface area contributed by atoms with E-state index in [0.717, 1.165) is 45.4 Å². The van der Waals surface area contributed by atoms with Crippen LogP contribution >= 0.6 is 0 Å². The van der Waals surface area contributed by atoms with E-state index in [-0.39, 0.29) is 0 Å². The molecule has 0 radical (unpaired) electrons. The summed E-state index contributed by atoms with van der Waals surface area (Å²) in [6.45, 7) is 8.23. The third-order valence-corrected chi connectivity index (χ3v) is 3.88. The number of nitrogens with zero attached hydrogens (tertiary/aromatic N) is 1. The summed E-state index contributed by atoms with van der Waals surface area (Å²) in [7, 11) is 0. The fourth-order valence-electron chi connectivity index (χ4n) is 2.69. The highest BCUT2D eigenvalue weighted by atomic mass is 16.5. The van der Waals surface area contributed by atoms with E-state index in [9.17, 15) is 0 Å². The Balaban J connectivity index is 1.59. The number of rotatable bonds is 4. The van der Waals surface area contributed by atoms with Gasteiger partial charge in [-0.25, -0.2) is 0 Å². The van der Waals surface area contributed by atoms with Crippen molar-refractivity contribution in [1.29, 1.82) is 0 Å². The van der Waals surface area contributed by atoms with Gasteiger partial charge >= 0.3 is 0 Å². The van der Waals surface area contributed by atoms with E-state index in [1.54, 1.807) is 0 Å². The first-order chi connectivity index (χ1) is 7.86. The van der Waals surface area contributed by atoms with Gasteiger partial charge in [0.15, 0.2) is 0 Å².